The lowest BCUT2D eigenvalue weighted by Gasteiger charge is -2.33. The third-order valence-electron chi connectivity index (χ3n) is 11.9. The van der Waals surface area contributed by atoms with Gasteiger partial charge in [0, 0.05) is 52.2 Å². The van der Waals surface area contributed by atoms with Crippen molar-refractivity contribution in [1.29, 1.82) is 5.26 Å². The molecule has 52 heavy (non-hydrogen) atoms. The van der Waals surface area contributed by atoms with Gasteiger partial charge in [0.2, 0.25) is 0 Å². The molecule has 4 atom stereocenters. The largest absolute Gasteiger partial charge is 0.477 e. The fraction of sp³-hybridized carbons (Fsp3) is 0.422. The van der Waals surface area contributed by atoms with Gasteiger partial charge >= 0.3 is 5.97 Å². The first-order chi connectivity index (χ1) is 25.5. The number of thiophene rings is 3. The molecule has 3 aliphatic rings. The van der Waals surface area contributed by atoms with Crippen LogP contribution >= 0.6 is 34.0 Å². The van der Waals surface area contributed by atoms with Gasteiger partial charge in [-0.25, -0.2) is 4.79 Å². The molecule has 4 heterocycles. The van der Waals surface area contributed by atoms with Gasteiger partial charge in [0.1, 0.15) is 11.6 Å². The number of carboxylic acid groups (broad SMARTS) is 1. The van der Waals surface area contributed by atoms with Crippen LogP contribution in [-0.4, -0.2) is 17.1 Å². The highest BCUT2D eigenvalue weighted by atomic mass is 32.1. The number of hydrogen-bond donors (Lipinski definition) is 1. The fourth-order valence-corrected chi connectivity index (χ4v) is 13.1. The molecule has 2 unspecified atom stereocenters. The molecular weight excluding hydrogens is 697 g/mol. The summed E-state index contributed by atoms with van der Waals surface area (Å²) in [6, 6.07) is 27.7. The Hall–Kier alpha value is -3.70. The van der Waals surface area contributed by atoms with Crippen molar-refractivity contribution in [3.63, 3.8) is 0 Å². The number of fused-ring (bicyclic) bond motifs is 8. The summed E-state index contributed by atoms with van der Waals surface area (Å²) in [5.74, 6) is 1.14. The van der Waals surface area contributed by atoms with E-state index in [1.165, 1.54) is 127 Å². The van der Waals surface area contributed by atoms with Gasteiger partial charge in [-0.15, -0.1) is 34.0 Å². The summed E-state index contributed by atoms with van der Waals surface area (Å²) in [6.07, 6.45) is 20.1. The summed E-state index contributed by atoms with van der Waals surface area (Å²) in [7, 11) is 0. The van der Waals surface area contributed by atoms with Crippen molar-refractivity contribution in [3.05, 3.63) is 88.3 Å². The maximum atomic E-state index is 11.4. The smallest absolute Gasteiger partial charge is 0.346 e. The molecule has 2 fully saturated rings. The topological polar surface area (TPSA) is 64.3 Å². The summed E-state index contributed by atoms with van der Waals surface area (Å²) in [6.45, 7) is 2.28. The van der Waals surface area contributed by atoms with Crippen LogP contribution in [-0.2, 0) is 11.2 Å². The molecule has 0 saturated heterocycles. The van der Waals surface area contributed by atoms with Gasteiger partial charge in [-0.05, 0) is 103 Å². The molecule has 0 amide bonds. The Morgan fingerprint density at radius 2 is 1.56 bits per heavy atom. The number of nitrogens with zero attached hydrogens (tertiary/aromatic N) is 2. The van der Waals surface area contributed by atoms with Gasteiger partial charge < -0.3 is 10.0 Å². The number of aryl methyl sites for hydroxylation is 1. The average molecular weight is 745 g/mol. The van der Waals surface area contributed by atoms with Gasteiger partial charge in [-0.3, -0.25) is 0 Å². The van der Waals surface area contributed by atoms with Crippen LogP contribution in [0.2, 0.25) is 0 Å². The Balaban J connectivity index is 1.02. The highest BCUT2D eigenvalue weighted by Gasteiger charge is 2.55. The minimum absolute atomic E-state index is 0.231. The van der Waals surface area contributed by atoms with Gasteiger partial charge in [0.25, 0.3) is 0 Å². The van der Waals surface area contributed by atoms with Crippen LogP contribution in [0.3, 0.4) is 0 Å². The lowest BCUT2D eigenvalue weighted by molar-refractivity contribution is -0.132. The molecule has 7 heteroatoms. The molecule has 0 spiro atoms. The molecule has 4 nitrogen and oxygen atoms in total. The number of para-hydroxylation sites is 1. The van der Waals surface area contributed by atoms with E-state index in [0.29, 0.717) is 12.0 Å². The molecule has 2 saturated carbocycles. The molecule has 5 aromatic rings. The standard InChI is InChI=1S/C45H48N2O2S3/c1-2-3-4-5-6-7-8-9-10-11-14-32-25-38(52-44(32)41-27-40-39(51-41)26-35(50-40)24-33(28-46)45(48)49)29-19-21-34(22-20-29)47-37-16-13-12-15-36(37)42-30-17-18-31(23-30)43(42)47/h12-13,15-16,19-22,24-27,30-31,42-43H,2-11,14,17-18,23H2,1H3,(H,48,49)/b33-24-/t30-,31+,42?,43?/m1/s1. The lowest BCUT2D eigenvalue weighted by Crippen LogP contribution is -2.35. The molecular formula is C45H48N2O2S3. The fourth-order valence-electron chi connectivity index (χ4n) is 9.41. The number of aliphatic carboxylic acids is 1. The van der Waals surface area contributed by atoms with Crippen LogP contribution in [0.1, 0.15) is 112 Å². The number of hydrogen-bond acceptors (Lipinski definition) is 6. The third-order valence-corrected chi connectivity index (χ3v) is 15.5. The summed E-state index contributed by atoms with van der Waals surface area (Å²) in [5.41, 5.74) is 6.80. The number of nitriles is 1. The Kier molecular flexibility index (Phi) is 10.7. The van der Waals surface area contributed by atoms with E-state index in [9.17, 15) is 15.2 Å². The van der Waals surface area contributed by atoms with Crippen molar-refractivity contribution in [2.45, 2.75) is 109 Å². The van der Waals surface area contributed by atoms with E-state index in [4.69, 9.17) is 0 Å². The molecule has 8 rings (SSSR count). The molecule has 0 radical (unpaired) electrons. The first-order valence-corrected chi connectivity index (χ1v) is 22.0. The van der Waals surface area contributed by atoms with E-state index in [2.05, 4.69) is 72.5 Å². The maximum absolute atomic E-state index is 11.4. The molecule has 2 aromatic carbocycles. The first kappa shape index (κ1) is 35.3. The van der Waals surface area contributed by atoms with Crippen molar-refractivity contribution < 1.29 is 9.90 Å². The summed E-state index contributed by atoms with van der Waals surface area (Å²) in [4.78, 5) is 18.9. The monoisotopic (exact) mass is 744 g/mol. The second-order valence-electron chi connectivity index (χ2n) is 15.2. The molecule has 2 bridgehead atoms. The normalized spacial score (nSPS) is 20.5. The molecule has 268 valence electrons. The van der Waals surface area contributed by atoms with Crippen LogP contribution in [0, 0.1) is 23.2 Å². The van der Waals surface area contributed by atoms with E-state index in [-0.39, 0.29) is 5.57 Å². The first-order valence-electron chi connectivity index (χ1n) is 19.5. The summed E-state index contributed by atoms with van der Waals surface area (Å²) in [5, 5.41) is 18.6. The second-order valence-corrected chi connectivity index (χ2v) is 18.4. The Morgan fingerprint density at radius 3 is 2.29 bits per heavy atom. The zero-order chi connectivity index (χ0) is 35.6. The Morgan fingerprint density at radius 1 is 0.846 bits per heavy atom. The van der Waals surface area contributed by atoms with Gasteiger partial charge in [-0.2, -0.15) is 5.26 Å². The van der Waals surface area contributed by atoms with Crippen molar-refractivity contribution in [1.82, 2.24) is 0 Å². The van der Waals surface area contributed by atoms with E-state index in [0.717, 1.165) is 32.5 Å². The van der Waals surface area contributed by atoms with Crippen LogP contribution in [0.15, 0.2) is 72.3 Å². The van der Waals surface area contributed by atoms with E-state index < -0.39 is 5.97 Å². The zero-order valence-electron chi connectivity index (χ0n) is 30.1. The molecule has 2 aliphatic carbocycles. The number of carbonyl (C=O) groups is 1. The lowest BCUT2D eigenvalue weighted by atomic mass is 9.82. The van der Waals surface area contributed by atoms with Crippen LogP contribution < -0.4 is 4.90 Å². The predicted octanol–water partition coefficient (Wildman–Crippen LogP) is 13.8. The molecule has 1 N–H and O–H groups in total. The SMILES string of the molecule is CCCCCCCCCCCCc1cc(-c2ccc(N3c4ccccc4C4C3[C@H]3CC[C@@H]4C3)cc2)sc1-c1cc2sc(/C=C(/C#N)C(=O)O)cc2s1. The minimum atomic E-state index is -1.18. The van der Waals surface area contributed by atoms with Crippen molar-refractivity contribution in [3.8, 4) is 26.3 Å². The highest BCUT2D eigenvalue weighted by molar-refractivity contribution is 7.31. The average Bonchev–Trinajstić information content (AvgIpc) is 4.00. The Bertz CT molecular complexity index is 2080. The summed E-state index contributed by atoms with van der Waals surface area (Å²) < 4.78 is 2.28. The molecule has 3 aromatic heterocycles. The number of carboxylic acids is 1. The number of rotatable bonds is 16. The predicted molar refractivity (Wildman–Crippen MR) is 221 cm³/mol. The second kappa shape index (κ2) is 15.7. The van der Waals surface area contributed by atoms with Gasteiger partial charge in [0.15, 0.2) is 0 Å². The van der Waals surface area contributed by atoms with Gasteiger partial charge in [-0.1, -0.05) is 95.0 Å². The Labute approximate surface area is 320 Å². The van der Waals surface area contributed by atoms with Crippen molar-refractivity contribution in [2.75, 3.05) is 4.90 Å². The number of benzene rings is 2. The minimum Gasteiger partial charge on any atom is -0.477 e. The number of anilines is 2. The van der Waals surface area contributed by atoms with Crippen molar-refractivity contribution >= 4 is 66.8 Å². The van der Waals surface area contributed by atoms with Gasteiger partial charge in [0.05, 0.1) is 0 Å². The van der Waals surface area contributed by atoms with E-state index >= 15 is 0 Å². The molecule has 1 aliphatic heterocycles. The maximum Gasteiger partial charge on any atom is 0.346 e. The van der Waals surface area contributed by atoms with E-state index in [1.807, 2.05) is 17.4 Å². The quantitative estimate of drug-likeness (QED) is 0.0621. The van der Waals surface area contributed by atoms with E-state index in [1.54, 1.807) is 34.3 Å². The highest BCUT2D eigenvalue weighted by Crippen LogP contribution is 2.62. The zero-order valence-corrected chi connectivity index (χ0v) is 32.6. The summed E-state index contributed by atoms with van der Waals surface area (Å²) >= 11 is 5.24. The van der Waals surface area contributed by atoms with Crippen molar-refractivity contribution in [2.24, 2.45) is 11.8 Å². The van der Waals surface area contributed by atoms with Crippen LogP contribution in [0.25, 0.3) is 35.7 Å². The third kappa shape index (κ3) is 7.02. The van der Waals surface area contributed by atoms with Crippen LogP contribution in [0.4, 0.5) is 11.4 Å². The van der Waals surface area contributed by atoms with Crippen LogP contribution in [0.5, 0.6) is 0 Å². The number of unbranched alkanes of at least 4 members (excludes halogenated alkanes) is 9.